The topological polar surface area (TPSA) is 20.3 Å². The summed E-state index contributed by atoms with van der Waals surface area (Å²) in [6, 6.07) is 6.06. The van der Waals surface area contributed by atoms with Gasteiger partial charge in [-0.3, -0.25) is 4.79 Å². The van der Waals surface area contributed by atoms with Gasteiger partial charge in [-0.1, -0.05) is 29.8 Å². The monoisotopic (exact) mass is 337 g/mol. The van der Waals surface area contributed by atoms with Crippen molar-refractivity contribution in [2.75, 3.05) is 18.0 Å². The second-order valence-corrected chi connectivity index (χ2v) is 7.06. The van der Waals surface area contributed by atoms with Gasteiger partial charge in [-0.05, 0) is 56.2 Å². The van der Waals surface area contributed by atoms with Crippen molar-refractivity contribution in [3.05, 3.63) is 28.2 Å². The third-order valence-electron chi connectivity index (χ3n) is 4.39. The van der Waals surface area contributed by atoms with E-state index in [1.54, 1.807) is 6.92 Å². The number of rotatable bonds is 3. The predicted molar refractivity (Wildman–Crippen MR) is 88.5 cm³/mol. The number of carbonyl (C=O) groups excluding carboxylic acids is 1. The Morgan fingerprint density at radius 3 is 2.70 bits per heavy atom. The van der Waals surface area contributed by atoms with Crippen LogP contribution < -0.4 is 4.90 Å². The van der Waals surface area contributed by atoms with Crippen LogP contribution in [0.5, 0.6) is 0 Å². The maximum absolute atomic E-state index is 11.9. The second-order valence-electron chi connectivity index (χ2n) is 6.14. The summed E-state index contributed by atoms with van der Waals surface area (Å²) < 4.78 is 0.973. The molecule has 1 aliphatic heterocycles. The van der Waals surface area contributed by atoms with E-state index in [2.05, 4.69) is 40.7 Å². The molecule has 0 saturated carbocycles. The van der Waals surface area contributed by atoms with Crippen molar-refractivity contribution in [3.8, 4) is 0 Å². The molecule has 1 fully saturated rings. The summed E-state index contributed by atoms with van der Waals surface area (Å²) in [5.74, 6) is 1.72. The van der Waals surface area contributed by atoms with Crippen molar-refractivity contribution in [2.24, 2.45) is 11.8 Å². The molecular formula is C17H24BrNO. The largest absolute Gasteiger partial charge is 0.371 e. The van der Waals surface area contributed by atoms with Gasteiger partial charge in [0.1, 0.15) is 0 Å². The van der Waals surface area contributed by atoms with Crippen LogP contribution in [0.25, 0.3) is 0 Å². The lowest BCUT2D eigenvalue weighted by Crippen LogP contribution is -2.26. The van der Waals surface area contributed by atoms with E-state index in [1.807, 2.05) is 12.1 Å². The van der Waals surface area contributed by atoms with E-state index in [-0.39, 0.29) is 5.78 Å². The molecule has 0 aromatic heterocycles. The van der Waals surface area contributed by atoms with E-state index in [9.17, 15) is 4.79 Å². The Hall–Kier alpha value is -0.830. The fourth-order valence-electron chi connectivity index (χ4n) is 3.10. The van der Waals surface area contributed by atoms with Crippen LogP contribution in [0.1, 0.15) is 50.4 Å². The van der Waals surface area contributed by atoms with Crippen LogP contribution in [-0.4, -0.2) is 18.9 Å². The quantitative estimate of drug-likeness (QED) is 0.730. The fraction of sp³-hybridized carbons (Fsp3) is 0.588. The summed E-state index contributed by atoms with van der Waals surface area (Å²) in [5, 5.41) is 0. The minimum absolute atomic E-state index is 0.144. The molecule has 3 heteroatoms. The number of hydrogen-bond donors (Lipinski definition) is 0. The maximum atomic E-state index is 11.9. The molecule has 1 atom stereocenters. The van der Waals surface area contributed by atoms with E-state index in [1.165, 1.54) is 19.3 Å². The van der Waals surface area contributed by atoms with Crippen molar-refractivity contribution in [3.63, 3.8) is 0 Å². The molecule has 0 radical (unpaired) electrons. The number of anilines is 1. The molecule has 1 unspecified atom stereocenters. The first-order valence-electron chi connectivity index (χ1n) is 7.54. The van der Waals surface area contributed by atoms with Gasteiger partial charge in [0.2, 0.25) is 0 Å². The first-order valence-corrected chi connectivity index (χ1v) is 8.33. The lowest BCUT2D eigenvalue weighted by Gasteiger charge is -2.25. The van der Waals surface area contributed by atoms with Gasteiger partial charge in [-0.2, -0.15) is 0 Å². The third-order valence-corrected chi connectivity index (χ3v) is 4.89. The summed E-state index contributed by atoms with van der Waals surface area (Å²) in [6.07, 6.45) is 3.75. The summed E-state index contributed by atoms with van der Waals surface area (Å²) in [7, 11) is 0. The Labute approximate surface area is 130 Å². The molecule has 1 aromatic carbocycles. The Kier molecular flexibility index (Phi) is 5.25. The van der Waals surface area contributed by atoms with Gasteiger partial charge in [-0.15, -0.1) is 0 Å². The van der Waals surface area contributed by atoms with Crippen molar-refractivity contribution in [1.29, 1.82) is 0 Å². The summed E-state index contributed by atoms with van der Waals surface area (Å²) in [6.45, 7) is 8.41. The first-order chi connectivity index (χ1) is 9.49. The second kappa shape index (κ2) is 6.75. The number of ketones is 1. The van der Waals surface area contributed by atoms with Crippen LogP contribution in [0.2, 0.25) is 0 Å². The minimum atomic E-state index is 0.144. The molecule has 0 bridgehead atoms. The van der Waals surface area contributed by atoms with Crippen molar-refractivity contribution in [1.82, 2.24) is 0 Å². The highest BCUT2D eigenvalue weighted by atomic mass is 79.9. The van der Waals surface area contributed by atoms with Crippen LogP contribution in [0, 0.1) is 11.8 Å². The van der Waals surface area contributed by atoms with Crippen LogP contribution >= 0.6 is 15.9 Å². The lowest BCUT2D eigenvalue weighted by atomic mass is 9.89. The van der Waals surface area contributed by atoms with Crippen LogP contribution in [-0.2, 0) is 0 Å². The molecule has 0 N–H and O–H groups in total. The number of benzene rings is 1. The fourth-order valence-corrected chi connectivity index (χ4v) is 3.46. The lowest BCUT2D eigenvalue weighted by molar-refractivity contribution is 0.101. The molecule has 20 heavy (non-hydrogen) atoms. The van der Waals surface area contributed by atoms with E-state index >= 15 is 0 Å². The Morgan fingerprint density at radius 1 is 1.30 bits per heavy atom. The van der Waals surface area contributed by atoms with Crippen LogP contribution in [0.15, 0.2) is 22.7 Å². The average Bonchev–Trinajstić information content (AvgIpc) is 2.64. The van der Waals surface area contributed by atoms with E-state index in [0.29, 0.717) is 0 Å². The predicted octanol–water partition coefficient (Wildman–Crippen LogP) is 4.91. The van der Waals surface area contributed by atoms with Gasteiger partial charge in [0.25, 0.3) is 0 Å². The van der Waals surface area contributed by atoms with E-state index in [0.717, 1.165) is 40.6 Å². The standard InChI is InChI=1S/C17H24BrNO/c1-12(2)14-5-4-9-19(10-8-14)17-7-6-15(18)11-16(17)13(3)20/h6-7,11-12,14H,4-5,8-10H2,1-3H3. The van der Waals surface area contributed by atoms with E-state index in [4.69, 9.17) is 0 Å². The number of Topliss-reactive ketones (excluding diaryl/α,β-unsaturated/α-hetero) is 1. The molecule has 2 rings (SSSR count). The Bertz CT molecular complexity index is 484. The van der Waals surface area contributed by atoms with Gasteiger partial charge in [0.05, 0.1) is 0 Å². The van der Waals surface area contributed by atoms with Gasteiger partial charge in [0.15, 0.2) is 5.78 Å². The molecule has 0 amide bonds. The zero-order valence-electron chi connectivity index (χ0n) is 12.7. The van der Waals surface area contributed by atoms with Gasteiger partial charge < -0.3 is 4.90 Å². The molecule has 1 heterocycles. The minimum Gasteiger partial charge on any atom is -0.371 e. The highest BCUT2D eigenvalue weighted by molar-refractivity contribution is 9.10. The van der Waals surface area contributed by atoms with E-state index < -0.39 is 0 Å². The molecule has 2 nitrogen and oxygen atoms in total. The SMILES string of the molecule is CC(=O)c1cc(Br)ccc1N1CCCC(C(C)C)CC1. The van der Waals surface area contributed by atoms with Crippen molar-refractivity contribution < 1.29 is 4.79 Å². The number of nitrogens with zero attached hydrogens (tertiary/aromatic N) is 1. The zero-order chi connectivity index (χ0) is 14.7. The van der Waals surface area contributed by atoms with Gasteiger partial charge in [0, 0.05) is 28.8 Å². The maximum Gasteiger partial charge on any atom is 0.161 e. The Morgan fingerprint density at radius 2 is 2.05 bits per heavy atom. The molecule has 110 valence electrons. The highest BCUT2D eigenvalue weighted by Gasteiger charge is 2.21. The molecule has 1 saturated heterocycles. The van der Waals surface area contributed by atoms with Gasteiger partial charge >= 0.3 is 0 Å². The smallest absolute Gasteiger partial charge is 0.161 e. The number of halogens is 1. The average molecular weight is 338 g/mol. The first kappa shape index (κ1) is 15.6. The Balaban J connectivity index is 2.21. The molecule has 0 aliphatic carbocycles. The summed E-state index contributed by atoms with van der Waals surface area (Å²) in [5.41, 5.74) is 1.94. The van der Waals surface area contributed by atoms with Crippen molar-refractivity contribution in [2.45, 2.75) is 40.0 Å². The molecule has 0 spiro atoms. The number of hydrogen-bond acceptors (Lipinski definition) is 2. The molecule has 1 aromatic rings. The highest BCUT2D eigenvalue weighted by Crippen LogP contribution is 2.30. The van der Waals surface area contributed by atoms with Crippen LogP contribution in [0.3, 0.4) is 0 Å². The molecular weight excluding hydrogens is 314 g/mol. The third kappa shape index (κ3) is 3.63. The normalized spacial score (nSPS) is 20.1. The molecule has 1 aliphatic rings. The van der Waals surface area contributed by atoms with Crippen LogP contribution in [0.4, 0.5) is 5.69 Å². The zero-order valence-corrected chi connectivity index (χ0v) is 14.2. The summed E-state index contributed by atoms with van der Waals surface area (Å²) in [4.78, 5) is 14.3. The van der Waals surface area contributed by atoms with Crippen molar-refractivity contribution >= 4 is 27.4 Å². The number of carbonyl (C=O) groups is 1. The van der Waals surface area contributed by atoms with Gasteiger partial charge in [-0.25, -0.2) is 0 Å². The summed E-state index contributed by atoms with van der Waals surface area (Å²) >= 11 is 3.46.